The van der Waals surface area contributed by atoms with E-state index in [2.05, 4.69) is 0 Å². The Bertz CT molecular complexity index is 1260. The number of aromatic nitrogens is 1. The normalized spacial score (nSPS) is 16.5. The quantitative estimate of drug-likeness (QED) is 0.391. The molecule has 0 radical (unpaired) electrons. The van der Waals surface area contributed by atoms with E-state index >= 15 is 0 Å². The highest BCUT2D eigenvalue weighted by Crippen LogP contribution is 2.37. The summed E-state index contributed by atoms with van der Waals surface area (Å²) < 4.78 is 22.0. The fourth-order valence-electron chi connectivity index (χ4n) is 4.36. The number of esters is 1. The van der Waals surface area contributed by atoms with E-state index < -0.39 is 5.60 Å². The van der Waals surface area contributed by atoms with Crippen LogP contribution < -0.4 is 0 Å². The van der Waals surface area contributed by atoms with Crippen molar-refractivity contribution in [2.75, 3.05) is 0 Å². The van der Waals surface area contributed by atoms with Gasteiger partial charge < -0.3 is 4.74 Å². The molecule has 0 amide bonds. The van der Waals surface area contributed by atoms with Gasteiger partial charge in [0, 0.05) is 17.1 Å². The summed E-state index contributed by atoms with van der Waals surface area (Å²) in [5.74, 6) is -1.13. The van der Waals surface area contributed by atoms with Gasteiger partial charge in [-0.3, -0.25) is 14.2 Å². The van der Waals surface area contributed by atoms with Crippen LogP contribution in [0.1, 0.15) is 61.5 Å². The van der Waals surface area contributed by atoms with Gasteiger partial charge >= 0.3 is 5.97 Å². The van der Waals surface area contributed by atoms with Crippen molar-refractivity contribution in [2.24, 2.45) is 5.92 Å². The van der Waals surface area contributed by atoms with E-state index in [1.54, 1.807) is 30.5 Å². The molecule has 1 heterocycles. The molecule has 0 saturated heterocycles. The molecule has 0 bridgehead atoms. The van der Waals surface area contributed by atoms with Gasteiger partial charge in [0.1, 0.15) is 11.4 Å². The minimum atomic E-state index is -0.533. The van der Waals surface area contributed by atoms with Gasteiger partial charge in [0.05, 0.1) is 22.0 Å². The summed E-state index contributed by atoms with van der Waals surface area (Å²) in [6.07, 6.45) is 5.38. The van der Waals surface area contributed by atoms with Gasteiger partial charge in [0.2, 0.25) is 0 Å². The molecule has 172 valence electrons. The topological polar surface area (TPSA) is 48.3 Å². The average Bonchev–Trinajstić information content (AvgIpc) is 3.13. The highest BCUT2D eigenvalue weighted by atomic mass is 35.5. The summed E-state index contributed by atoms with van der Waals surface area (Å²) in [4.78, 5) is 25.9. The van der Waals surface area contributed by atoms with Crippen molar-refractivity contribution in [1.29, 1.82) is 0 Å². The van der Waals surface area contributed by atoms with E-state index in [0.29, 0.717) is 46.3 Å². The first-order valence-electron chi connectivity index (χ1n) is 11.1. The predicted octanol–water partition coefficient (Wildman–Crippen LogP) is 6.96. The van der Waals surface area contributed by atoms with E-state index in [0.717, 1.165) is 11.1 Å². The molecular formula is C27H27ClFNO3. The molecule has 1 unspecified atom stereocenters. The van der Waals surface area contributed by atoms with Crippen LogP contribution in [0.25, 0.3) is 16.5 Å². The fraction of sp³-hybridized carbons (Fsp3) is 0.333. The molecule has 1 aromatic heterocycles. The number of carbonyl (C=O) groups excluding carboxylic acids is 2. The summed E-state index contributed by atoms with van der Waals surface area (Å²) >= 11 is 6.34. The van der Waals surface area contributed by atoms with Crippen molar-refractivity contribution in [2.45, 2.75) is 52.6 Å². The van der Waals surface area contributed by atoms with Gasteiger partial charge in [-0.05, 0) is 76.3 Å². The van der Waals surface area contributed by atoms with Crippen molar-refractivity contribution >= 4 is 40.0 Å². The van der Waals surface area contributed by atoms with E-state index in [4.69, 9.17) is 16.3 Å². The van der Waals surface area contributed by atoms with Crippen LogP contribution in [-0.4, -0.2) is 22.0 Å². The third-order valence-corrected chi connectivity index (χ3v) is 6.25. The molecule has 0 N–H and O–H groups in total. The molecule has 1 aliphatic rings. The van der Waals surface area contributed by atoms with Crippen LogP contribution >= 0.6 is 11.6 Å². The molecule has 33 heavy (non-hydrogen) atoms. The van der Waals surface area contributed by atoms with Crippen LogP contribution in [-0.2, 0) is 9.53 Å². The summed E-state index contributed by atoms with van der Waals surface area (Å²) in [5.41, 5.74) is 2.70. The predicted molar refractivity (Wildman–Crippen MR) is 129 cm³/mol. The maximum Gasteiger partial charge on any atom is 0.309 e. The Morgan fingerprint density at radius 3 is 2.52 bits per heavy atom. The van der Waals surface area contributed by atoms with Crippen LogP contribution in [0.15, 0.2) is 48.7 Å². The van der Waals surface area contributed by atoms with Gasteiger partial charge in [-0.25, -0.2) is 4.39 Å². The molecule has 1 aliphatic carbocycles. The van der Waals surface area contributed by atoms with E-state index in [9.17, 15) is 14.0 Å². The minimum Gasteiger partial charge on any atom is -0.460 e. The second-order valence-electron chi connectivity index (χ2n) is 9.52. The lowest BCUT2D eigenvalue weighted by Gasteiger charge is -2.26. The van der Waals surface area contributed by atoms with Gasteiger partial charge in [-0.1, -0.05) is 35.9 Å². The lowest BCUT2D eigenvalue weighted by atomic mass is 9.86. The second kappa shape index (κ2) is 8.79. The van der Waals surface area contributed by atoms with Crippen molar-refractivity contribution in [3.8, 4) is 0 Å². The van der Waals surface area contributed by atoms with E-state index in [1.807, 2.05) is 39.8 Å². The number of ether oxygens (including phenoxy) is 1. The number of fused-ring (bicyclic) bond motifs is 1. The third kappa shape index (κ3) is 4.60. The van der Waals surface area contributed by atoms with E-state index in [1.165, 1.54) is 10.6 Å². The zero-order valence-electron chi connectivity index (χ0n) is 19.2. The second-order valence-corrected chi connectivity index (χ2v) is 9.92. The zero-order chi connectivity index (χ0) is 23.9. The van der Waals surface area contributed by atoms with Crippen molar-refractivity contribution in [1.82, 2.24) is 4.57 Å². The molecule has 0 spiro atoms. The smallest absolute Gasteiger partial charge is 0.309 e. The highest BCUT2D eigenvalue weighted by molar-refractivity contribution is 6.34. The van der Waals surface area contributed by atoms with E-state index in [-0.39, 0.29) is 23.6 Å². The van der Waals surface area contributed by atoms with Gasteiger partial charge in [-0.15, -0.1) is 0 Å². The van der Waals surface area contributed by atoms with Crippen molar-refractivity contribution < 1.29 is 18.7 Å². The molecule has 0 fully saturated rings. The SMILES string of the molecule is Cc1cccc(Cl)c1C(=O)n1cc(C2=CCC(C(=O)OC(C)(C)C)CC2)c2c(F)cccc21. The van der Waals surface area contributed by atoms with Crippen LogP contribution in [0, 0.1) is 18.7 Å². The number of allylic oxidation sites excluding steroid dienone is 2. The Kier molecular flexibility index (Phi) is 6.19. The first kappa shape index (κ1) is 23.2. The third-order valence-electron chi connectivity index (χ3n) is 5.93. The summed E-state index contributed by atoms with van der Waals surface area (Å²) in [6, 6.07) is 10.0. The Morgan fingerprint density at radius 1 is 1.15 bits per heavy atom. The molecular weight excluding hydrogens is 441 g/mol. The molecule has 4 rings (SSSR count). The number of hydrogen-bond donors (Lipinski definition) is 0. The Labute approximate surface area is 198 Å². The van der Waals surface area contributed by atoms with Crippen LogP contribution in [0.3, 0.4) is 0 Å². The molecule has 4 nitrogen and oxygen atoms in total. The monoisotopic (exact) mass is 467 g/mol. The Morgan fingerprint density at radius 2 is 1.88 bits per heavy atom. The van der Waals surface area contributed by atoms with Crippen LogP contribution in [0.5, 0.6) is 0 Å². The zero-order valence-corrected chi connectivity index (χ0v) is 20.0. The number of carbonyl (C=O) groups is 2. The molecule has 0 aliphatic heterocycles. The first-order chi connectivity index (χ1) is 15.6. The average molecular weight is 468 g/mol. The number of aryl methyl sites for hydroxylation is 1. The van der Waals surface area contributed by atoms with Crippen LogP contribution in [0.2, 0.25) is 5.02 Å². The molecule has 2 aromatic carbocycles. The Hall–Kier alpha value is -2.92. The fourth-order valence-corrected chi connectivity index (χ4v) is 4.66. The van der Waals surface area contributed by atoms with Crippen molar-refractivity contribution in [3.63, 3.8) is 0 Å². The number of benzene rings is 2. The maximum absolute atomic E-state index is 15.0. The number of rotatable bonds is 3. The molecule has 0 saturated carbocycles. The number of nitrogens with zero attached hydrogens (tertiary/aromatic N) is 1. The van der Waals surface area contributed by atoms with Crippen LogP contribution in [0.4, 0.5) is 4.39 Å². The van der Waals surface area contributed by atoms with Gasteiger partial charge in [0.15, 0.2) is 0 Å². The largest absolute Gasteiger partial charge is 0.460 e. The summed E-state index contributed by atoms with van der Waals surface area (Å²) in [7, 11) is 0. The lowest BCUT2D eigenvalue weighted by molar-refractivity contribution is -0.160. The number of halogens is 2. The summed E-state index contributed by atoms with van der Waals surface area (Å²) in [6.45, 7) is 7.38. The molecule has 3 aromatic rings. The first-order valence-corrected chi connectivity index (χ1v) is 11.5. The summed E-state index contributed by atoms with van der Waals surface area (Å²) in [5, 5.41) is 0.759. The van der Waals surface area contributed by atoms with Crippen molar-refractivity contribution in [3.05, 3.63) is 76.2 Å². The lowest BCUT2D eigenvalue weighted by Crippen LogP contribution is -2.29. The number of hydrogen-bond acceptors (Lipinski definition) is 3. The van der Waals surface area contributed by atoms with Gasteiger partial charge in [0.25, 0.3) is 5.91 Å². The molecule has 1 atom stereocenters. The standard InChI is InChI=1S/C27H27ClFNO3/c1-16-7-5-8-20(28)23(16)25(31)30-15-19(24-21(29)9-6-10-22(24)30)17-11-13-18(14-12-17)26(32)33-27(2,3)4/h5-11,15,18H,12-14H2,1-4H3. The Balaban J connectivity index is 1.73. The minimum absolute atomic E-state index is 0.212. The van der Waals surface area contributed by atoms with Gasteiger partial charge in [-0.2, -0.15) is 0 Å². The maximum atomic E-state index is 15.0. The molecule has 6 heteroatoms. The highest BCUT2D eigenvalue weighted by Gasteiger charge is 2.29.